The Kier molecular flexibility index (Phi) is 3.70. The Morgan fingerprint density at radius 1 is 1.73 bits per heavy atom. The molecule has 3 nitrogen and oxygen atoms in total. The van der Waals surface area contributed by atoms with Crippen molar-refractivity contribution in [2.24, 2.45) is 0 Å². The first kappa shape index (κ1) is 11.0. The van der Waals surface area contributed by atoms with Gasteiger partial charge in [0.2, 0.25) is 0 Å². The molecule has 0 radical (unpaired) electrons. The monoisotopic (exact) mass is 225 g/mol. The first-order valence-corrected chi connectivity index (χ1v) is 6.96. The van der Waals surface area contributed by atoms with E-state index in [1.165, 1.54) is 18.5 Å². The second kappa shape index (κ2) is 5.03. The van der Waals surface area contributed by atoms with Crippen LogP contribution in [-0.2, 0) is 0 Å². The SMILES string of the molecule is CSCC(C)n1cncc1[C@@H]1CCCN1. The summed E-state index contributed by atoms with van der Waals surface area (Å²) in [7, 11) is 0. The number of rotatable bonds is 4. The molecule has 2 heterocycles. The van der Waals surface area contributed by atoms with Crippen LogP contribution in [0.1, 0.15) is 37.5 Å². The summed E-state index contributed by atoms with van der Waals surface area (Å²) >= 11 is 1.89. The zero-order valence-electron chi connectivity index (χ0n) is 9.44. The van der Waals surface area contributed by atoms with Crippen molar-refractivity contribution < 1.29 is 0 Å². The van der Waals surface area contributed by atoms with Gasteiger partial charge in [0.25, 0.3) is 0 Å². The Bertz CT molecular complexity index is 305. The van der Waals surface area contributed by atoms with Gasteiger partial charge >= 0.3 is 0 Å². The van der Waals surface area contributed by atoms with Crippen molar-refractivity contribution in [2.75, 3.05) is 18.6 Å². The third kappa shape index (κ3) is 2.37. The molecule has 0 amide bonds. The molecule has 1 N–H and O–H groups in total. The molecule has 1 aliphatic rings. The summed E-state index contributed by atoms with van der Waals surface area (Å²) in [6.45, 7) is 3.41. The summed E-state index contributed by atoms with van der Waals surface area (Å²) in [6, 6.07) is 1.07. The Labute approximate surface area is 95.7 Å². The topological polar surface area (TPSA) is 29.9 Å². The zero-order chi connectivity index (χ0) is 10.7. The van der Waals surface area contributed by atoms with E-state index in [2.05, 4.69) is 28.0 Å². The average Bonchev–Trinajstić information content (AvgIpc) is 2.88. The standard InChI is InChI=1S/C11H19N3S/c1-9(7-15-2)14-8-12-6-11(14)10-4-3-5-13-10/h6,8-10,13H,3-5,7H2,1-2H3/t9?,10-/m0/s1. The highest BCUT2D eigenvalue weighted by Gasteiger charge is 2.21. The molecule has 1 saturated heterocycles. The fraction of sp³-hybridized carbons (Fsp3) is 0.727. The maximum Gasteiger partial charge on any atom is 0.0951 e. The Hall–Kier alpha value is -0.480. The van der Waals surface area contributed by atoms with E-state index in [4.69, 9.17) is 0 Å². The smallest absolute Gasteiger partial charge is 0.0951 e. The van der Waals surface area contributed by atoms with Crippen molar-refractivity contribution in [3.8, 4) is 0 Å². The summed E-state index contributed by atoms with van der Waals surface area (Å²) in [6.07, 6.45) is 8.67. The molecule has 0 aromatic carbocycles. The molecule has 2 atom stereocenters. The van der Waals surface area contributed by atoms with Crippen LogP contribution in [-0.4, -0.2) is 28.1 Å². The van der Waals surface area contributed by atoms with E-state index in [0.29, 0.717) is 12.1 Å². The van der Waals surface area contributed by atoms with E-state index in [-0.39, 0.29) is 0 Å². The second-order valence-corrected chi connectivity index (χ2v) is 5.09. The first-order valence-electron chi connectivity index (χ1n) is 5.57. The van der Waals surface area contributed by atoms with Gasteiger partial charge in [-0.1, -0.05) is 0 Å². The number of nitrogens with zero attached hydrogens (tertiary/aromatic N) is 2. The number of hydrogen-bond acceptors (Lipinski definition) is 3. The van der Waals surface area contributed by atoms with Crippen LogP contribution in [0.4, 0.5) is 0 Å². The third-order valence-corrected chi connectivity index (χ3v) is 3.81. The quantitative estimate of drug-likeness (QED) is 0.852. The molecule has 4 heteroatoms. The second-order valence-electron chi connectivity index (χ2n) is 4.18. The van der Waals surface area contributed by atoms with E-state index in [0.717, 1.165) is 12.3 Å². The molecular weight excluding hydrogens is 206 g/mol. The molecule has 1 aliphatic heterocycles. The summed E-state index contributed by atoms with van der Waals surface area (Å²) in [5.41, 5.74) is 1.36. The lowest BCUT2D eigenvalue weighted by Gasteiger charge is -2.19. The number of nitrogens with one attached hydrogen (secondary N) is 1. The zero-order valence-corrected chi connectivity index (χ0v) is 10.3. The molecule has 0 bridgehead atoms. The van der Waals surface area contributed by atoms with Gasteiger partial charge < -0.3 is 9.88 Å². The van der Waals surface area contributed by atoms with Crippen molar-refractivity contribution in [1.29, 1.82) is 0 Å². The van der Waals surface area contributed by atoms with E-state index in [1.54, 1.807) is 0 Å². The number of aromatic nitrogens is 2. The lowest BCUT2D eigenvalue weighted by Crippen LogP contribution is -2.19. The maximum absolute atomic E-state index is 4.28. The predicted molar refractivity (Wildman–Crippen MR) is 65.3 cm³/mol. The summed E-state index contributed by atoms with van der Waals surface area (Å²) in [4.78, 5) is 4.28. The van der Waals surface area contributed by atoms with Crippen molar-refractivity contribution in [1.82, 2.24) is 14.9 Å². The molecule has 15 heavy (non-hydrogen) atoms. The van der Waals surface area contributed by atoms with Gasteiger partial charge in [-0.25, -0.2) is 4.98 Å². The summed E-state index contributed by atoms with van der Waals surface area (Å²) in [5, 5.41) is 3.53. The molecule has 0 saturated carbocycles. The molecule has 1 fully saturated rings. The van der Waals surface area contributed by atoms with E-state index in [9.17, 15) is 0 Å². The minimum Gasteiger partial charge on any atom is -0.330 e. The molecular formula is C11H19N3S. The number of thioether (sulfide) groups is 1. The molecule has 1 aromatic heterocycles. The van der Waals surface area contributed by atoms with Crippen LogP contribution in [0.3, 0.4) is 0 Å². The van der Waals surface area contributed by atoms with Crippen LogP contribution in [0.15, 0.2) is 12.5 Å². The lowest BCUT2D eigenvalue weighted by atomic mass is 10.1. The predicted octanol–water partition coefficient (Wildman–Crippen LogP) is 2.23. The Morgan fingerprint density at radius 3 is 3.27 bits per heavy atom. The first-order chi connectivity index (χ1) is 7.33. The third-order valence-electron chi connectivity index (χ3n) is 3.00. The fourth-order valence-electron chi connectivity index (χ4n) is 2.21. The highest BCUT2D eigenvalue weighted by Crippen LogP contribution is 2.25. The molecule has 84 valence electrons. The van der Waals surface area contributed by atoms with Crippen molar-refractivity contribution in [3.05, 3.63) is 18.2 Å². The Balaban J connectivity index is 2.13. The van der Waals surface area contributed by atoms with Crippen LogP contribution in [0, 0.1) is 0 Å². The van der Waals surface area contributed by atoms with Gasteiger partial charge in [-0.15, -0.1) is 0 Å². The van der Waals surface area contributed by atoms with Gasteiger partial charge in [0.15, 0.2) is 0 Å². The largest absolute Gasteiger partial charge is 0.330 e. The van der Waals surface area contributed by atoms with Crippen molar-refractivity contribution in [3.63, 3.8) is 0 Å². The molecule has 1 unspecified atom stereocenters. The lowest BCUT2D eigenvalue weighted by molar-refractivity contribution is 0.524. The van der Waals surface area contributed by atoms with Gasteiger partial charge in [-0.3, -0.25) is 0 Å². The molecule has 0 aliphatic carbocycles. The molecule has 1 aromatic rings. The van der Waals surface area contributed by atoms with E-state index >= 15 is 0 Å². The van der Waals surface area contributed by atoms with Gasteiger partial charge in [0.1, 0.15) is 0 Å². The highest BCUT2D eigenvalue weighted by molar-refractivity contribution is 7.98. The maximum atomic E-state index is 4.28. The number of hydrogen-bond donors (Lipinski definition) is 1. The number of imidazole rings is 1. The van der Waals surface area contributed by atoms with Gasteiger partial charge in [-0.2, -0.15) is 11.8 Å². The van der Waals surface area contributed by atoms with Crippen LogP contribution < -0.4 is 5.32 Å². The Morgan fingerprint density at radius 2 is 2.60 bits per heavy atom. The van der Waals surface area contributed by atoms with Gasteiger partial charge in [0.05, 0.1) is 12.0 Å². The van der Waals surface area contributed by atoms with Crippen LogP contribution in [0.25, 0.3) is 0 Å². The van der Waals surface area contributed by atoms with Crippen LogP contribution >= 0.6 is 11.8 Å². The summed E-state index contributed by atoms with van der Waals surface area (Å²) < 4.78 is 2.32. The molecule has 0 spiro atoms. The minimum atomic E-state index is 0.525. The van der Waals surface area contributed by atoms with Crippen LogP contribution in [0.5, 0.6) is 0 Å². The summed E-state index contributed by atoms with van der Waals surface area (Å²) in [5.74, 6) is 1.15. The average molecular weight is 225 g/mol. The highest BCUT2D eigenvalue weighted by atomic mass is 32.2. The van der Waals surface area contributed by atoms with E-state index in [1.807, 2.05) is 24.3 Å². The van der Waals surface area contributed by atoms with Crippen LogP contribution in [0.2, 0.25) is 0 Å². The van der Waals surface area contributed by atoms with Gasteiger partial charge in [0, 0.05) is 24.0 Å². The van der Waals surface area contributed by atoms with Gasteiger partial charge in [-0.05, 0) is 32.6 Å². The van der Waals surface area contributed by atoms with Crippen molar-refractivity contribution >= 4 is 11.8 Å². The minimum absolute atomic E-state index is 0.525. The molecule has 2 rings (SSSR count). The van der Waals surface area contributed by atoms with Crippen molar-refractivity contribution in [2.45, 2.75) is 31.8 Å². The normalized spacial score (nSPS) is 23.2. The fourth-order valence-corrected chi connectivity index (χ4v) is 2.85. The van der Waals surface area contributed by atoms with E-state index < -0.39 is 0 Å².